The maximum atomic E-state index is 12.8. The highest BCUT2D eigenvalue weighted by Crippen LogP contribution is 2.55. The lowest BCUT2D eigenvalue weighted by Gasteiger charge is -2.14. The number of carboxylic acid groups (broad SMARTS) is 1. The van der Waals surface area contributed by atoms with E-state index < -0.39 is 29.0 Å². The van der Waals surface area contributed by atoms with Gasteiger partial charge in [0.1, 0.15) is 0 Å². The lowest BCUT2D eigenvalue weighted by Crippen LogP contribution is -2.29. The second-order valence-electron chi connectivity index (χ2n) is 3.18. The lowest BCUT2D eigenvalue weighted by molar-refractivity contribution is -0.146. The summed E-state index contributed by atoms with van der Waals surface area (Å²) in [7, 11) is 0. The van der Waals surface area contributed by atoms with Crippen LogP contribution in [-0.2, 0) is 4.79 Å². The van der Waals surface area contributed by atoms with Crippen molar-refractivity contribution in [3.8, 4) is 0 Å². The van der Waals surface area contributed by atoms with E-state index in [0.717, 1.165) is 0 Å². The topological polar surface area (TPSA) is 57.5 Å². The van der Waals surface area contributed by atoms with Gasteiger partial charge >= 0.3 is 5.97 Å². The SMILES string of the molecule is CC(O)C(C(=O)O)C1CC1(F)Cl. The average Bonchev–Trinajstić information content (AvgIpc) is 2.37. The van der Waals surface area contributed by atoms with Crippen molar-refractivity contribution in [2.45, 2.75) is 24.6 Å². The van der Waals surface area contributed by atoms with Crippen molar-refractivity contribution < 1.29 is 19.4 Å². The molecule has 4 atom stereocenters. The first kappa shape index (κ1) is 9.74. The summed E-state index contributed by atoms with van der Waals surface area (Å²) in [5, 5.41) is 15.7. The fraction of sp³-hybridized carbons (Fsp3) is 0.857. The van der Waals surface area contributed by atoms with Crippen LogP contribution in [0.5, 0.6) is 0 Å². The fourth-order valence-corrected chi connectivity index (χ4v) is 1.64. The van der Waals surface area contributed by atoms with Gasteiger partial charge in [-0.25, -0.2) is 4.39 Å². The van der Waals surface area contributed by atoms with Crippen LogP contribution in [0.2, 0.25) is 0 Å². The molecular weight excluding hydrogens is 187 g/mol. The molecular formula is C7H10ClFO3. The standard InChI is InChI=1S/C7H10ClFO3/c1-3(10)5(6(11)12)4-2-7(4,8)9/h3-5,10H,2H2,1H3,(H,11,12). The van der Waals surface area contributed by atoms with Crippen molar-refractivity contribution in [1.29, 1.82) is 0 Å². The maximum absolute atomic E-state index is 12.8. The summed E-state index contributed by atoms with van der Waals surface area (Å²) in [6.45, 7) is 1.32. The van der Waals surface area contributed by atoms with Crippen molar-refractivity contribution in [2.75, 3.05) is 0 Å². The Morgan fingerprint density at radius 3 is 2.33 bits per heavy atom. The van der Waals surface area contributed by atoms with Crippen LogP contribution in [0.25, 0.3) is 0 Å². The Hall–Kier alpha value is -0.350. The fourth-order valence-electron chi connectivity index (χ4n) is 1.34. The summed E-state index contributed by atoms with van der Waals surface area (Å²) in [6, 6.07) is 0. The van der Waals surface area contributed by atoms with E-state index in [1.807, 2.05) is 0 Å². The first-order valence-electron chi connectivity index (χ1n) is 3.65. The molecule has 70 valence electrons. The molecule has 1 fully saturated rings. The summed E-state index contributed by atoms with van der Waals surface area (Å²) >= 11 is 5.25. The van der Waals surface area contributed by atoms with Gasteiger partial charge in [-0.2, -0.15) is 0 Å². The smallest absolute Gasteiger partial charge is 0.309 e. The molecule has 1 aliphatic carbocycles. The van der Waals surface area contributed by atoms with Crippen LogP contribution in [0.4, 0.5) is 4.39 Å². The third-order valence-corrected chi connectivity index (χ3v) is 2.55. The highest BCUT2D eigenvalue weighted by atomic mass is 35.5. The van der Waals surface area contributed by atoms with Gasteiger partial charge in [0.2, 0.25) is 0 Å². The summed E-state index contributed by atoms with van der Waals surface area (Å²) in [6.07, 6.45) is -1.06. The molecule has 0 spiro atoms. The van der Waals surface area contributed by atoms with Crippen LogP contribution in [0, 0.1) is 11.8 Å². The second kappa shape index (κ2) is 2.85. The summed E-state index contributed by atoms with van der Waals surface area (Å²) in [4.78, 5) is 10.5. The minimum Gasteiger partial charge on any atom is -0.481 e. The van der Waals surface area contributed by atoms with Gasteiger partial charge in [0.25, 0.3) is 0 Å². The van der Waals surface area contributed by atoms with E-state index in [-0.39, 0.29) is 6.42 Å². The molecule has 0 aromatic rings. The van der Waals surface area contributed by atoms with Gasteiger partial charge in [-0.15, -0.1) is 0 Å². The van der Waals surface area contributed by atoms with Gasteiger partial charge in [0.05, 0.1) is 12.0 Å². The van der Waals surface area contributed by atoms with Crippen molar-refractivity contribution >= 4 is 17.6 Å². The minimum atomic E-state index is -1.92. The van der Waals surface area contributed by atoms with Gasteiger partial charge in [-0.3, -0.25) is 4.79 Å². The molecule has 0 bridgehead atoms. The molecule has 5 heteroatoms. The number of alkyl halides is 2. The van der Waals surface area contributed by atoms with Gasteiger partial charge in [0.15, 0.2) is 5.13 Å². The number of halogens is 2. The monoisotopic (exact) mass is 196 g/mol. The molecule has 0 aliphatic heterocycles. The highest BCUT2D eigenvalue weighted by molar-refractivity contribution is 6.25. The van der Waals surface area contributed by atoms with E-state index in [2.05, 4.69) is 0 Å². The molecule has 12 heavy (non-hydrogen) atoms. The molecule has 2 N–H and O–H groups in total. The molecule has 1 saturated carbocycles. The number of aliphatic hydroxyl groups excluding tert-OH is 1. The van der Waals surface area contributed by atoms with E-state index in [9.17, 15) is 9.18 Å². The number of hydrogen-bond acceptors (Lipinski definition) is 2. The van der Waals surface area contributed by atoms with E-state index in [4.69, 9.17) is 21.8 Å². The molecule has 0 aromatic carbocycles. The van der Waals surface area contributed by atoms with Gasteiger partial charge in [0, 0.05) is 12.3 Å². The zero-order chi connectivity index (χ0) is 9.52. The lowest BCUT2D eigenvalue weighted by atomic mass is 9.98. The maximum Gasteiger partial charge on any atom is 0.309 e. The number of carbonyl (C=O) groups is 1. The minimum absolute atomic E-state index is 0.0103. The largest absolute Gasteiger partial charge is 0.481 e. The van der Waals surface area contributed by atoms with Gasteiger partial charge in [-0.05, 0) is 6.92 Å². The van der Waals surface area contributed by atoms with E-state index in [0.29, 0.717) is 0 Å². The molecule has 4 unspecified atom stereocenters. The van der Waals surface area contributed by atoms with Gasteiger partial charge < -0.3 is 10.2 Å². The molecule has 0 radical (unpaired) electrons. The van der Waals surface area contributed by atoms with Crippen molar-refractivity contribution in [2.24, 2.45) is 11.8 Å². The Balaban J connectivity index is 2.64. The molecule has 0 heterocycles. The molecule has 0 saturated heterocycles. The zero-order valence-corrected chi connectivity index (χ0v) is 7.25. The summed E-state index contributed by atoms with van der Waals surface area (Å²) in [5.41, 5.74) is 0. The first-order chi connectivity index (χ1) is 5.36. The zero-order valence-electron chi connectivity index (χ0n) is 6.50. The normalized spacial score (nSPS) is 38.8. The number of carboxylic acids is 1. The van der Waals surface area contributed by atoms with Crippen LogP contribution >= 0.6 is 11.6 Å². The van der Waals surface area contributed by atoms with Crippen LogP contribution in [0.3, 0.4) is 0 Å². The number of aliphatic hydroxyl groups is 1. The van der Waals surface area contributed by atoms with Crippen molar-refractivity contribution in [1.82, 2.24) is 0 Å². The first-order valence-corrected chi connectivity index (χ1v) is 4.03. The van der Waals surface area contributed by atoms with Crippen molar-refractivity contribution in [3.63, 3.8) is 0 Å². The number of aliphatic carboxylic acids is 1. The van der Waals surface area contributed by atoms with Crippen LogP contribution in [0.1, 0.15) is 13.3 Å². The van der Waals surface area contributed by atoms with E-state index >= 15 is 0 Å². The predicted octanol–water partition coefficient (Wildman–Crippen LogP) is 0.993. The second-order valence-corrected chi connectivity index (χ2v) is 3.80. The van der Waals surface area contributed by atoms with Gasteiger partial charge in [-0.1, -0.05) is 11.6 Å². The Morgan fingerprint density at radius 1 is 1.83 bits per heavy atom. The van der Waals surface area contributed by atoms with Crippen molar-refractivity contribution in [3.05, 3.63) is 0 Å². The van der Waals surface area contributed by atoms with E-state index in [1.54, 1.807) is 0 Å². The summed E-state index contributed by atoms with van der Waals surface area (Å²) < 4.78 is 12.8. The predicted molar refractivity (Wildman–Crippen MR) is 40.6 cm³/mol. The molecule has 0 aromatic heterocycles. The van der Waals surface area contributed by atoms with Crippen LogP contribution in [-0.4, -0.2) is 27.4 Å². The molecule has 1 rings (SSSR count). The third kappa shape index (κ3) is 1.69. The summed E-state index contributed by atoms with van der Waals surface area (Å²) in [5.74, 6) is -3.04. The molecule has 1 aliphatic rings. The number of rotatable bonds is 3. The highest BCUT2D eigenvalue weighted by Gasteiger charge is 2.60. The Kier molecular flexibility index (Phi) is 2.31. The molecule has 3 nitrogen and oxygen atoms in total. The quantitative estimate of drug-likeness (QED) is 0.662. The van der Waals surface area contributed by atoms with Crippen LogP contribution < -0.4 is 0 Å². The van der Waals surface area contributed by atoms with E-state index in [1.165, 1.54) is 6.92 Å². The molecule has 0 amide bonds. The Bertz CT molecular complexity index is 205. The van der Waals surface area contributed by atoms with Crippen LogP contribution in [0.15, 0.2) is 0 Å². The Morgan fingerprint density at radius 2 is 2.25 bits per heavy atom. The Labute approximate surface area is 74.1 Å². The average molecular weight is 197 g/mol. The third-order valence-electron chi connectivity index (χ3n) is 2.11. The number of hydrogen-bond donors (Lipinski definition) is 2.